The zero-order chi connectivity index (χ0) is 12.8. The molecule has 1 nitrogen and oxygen atoms in total. The maximum absolute atomic E-state index is 7.57. The molecule has 0 fully saturated rings. The van der Waals surface area contributed by atoms with Gasteiger partial charge in [0.15, 0.2) is 0 Å². The minimum atomic E-state index is 0. The molecule has 0 aromatic heterocycles. The van der Waals surface area contributed by atoms with Crippen LogP contribution in [0.4, 0.5) is 0 Å². The number of halogens is 2. The fraction of sp³-hybridized carbons (Fsp3) is 0.167. The van der Waals surface area contributed by atoms with Crippen LogP contribution in [0.1, 0.15) is 18.9 Å². The van der Waals surface area contributed by atoms with E-state index in [-0.39, 0.29) is 60.6 Å². The molecule has 0 bridgehead atoms. The summed E-state index contributed by atoms with van der Waals surface area (Å²) in [6, 6.07) is 16.1. The SMILES string of the molecule is CCO.Cl.Cl.[CH3-].[Ti+2].[c-]1c(C2=CC=CC2)ccc2ccccc12. The second kappa shape index (κ2) is 14.1. The van der Waals surface area contributed by atoms with Gasteiger partial charge in [0.25, 0.3) is 0 Å². The average molecular weight is 373 g/mol. The van der Waals surface area contributed by atoms with Crippen LogP contribution in [0.15, 0.2) is 54.6 Å². The number of fused-ring (bicyclic) bond motifs is 1. The van der Waals surface area contributed by atoms with Crippen molar-refractivity contribution in [1.29, 1.82) is 0 Å². The van der Waals surface area contributed by atoms with Crippen molar-refractivity contribution in [3.05, 3.63) is 73.7 Å². The first-order valence-electron chi connectivity index (χ1n) is 6.23. The van der Waals surface area contributed by atoms with Crippen LogP contribution in [0.5, 0.6) is 0 Å². The molecular formula is C18H22Cl2OTi. The van der Waals surface area contributed by atoms with Crippen molar-refractivity contribution in [2.45, 2.75) is 13.3 Å². The van der Waals surface area contributed by atoms with Gasteiger partial charge in [0.1, 0.15) is 0 Å². The summed E-state index contributed by atoms with van der Waals surface area (Å²) < 4.78 is 0. The molecule has 4 heteroatoms. The third kappa shape index (κ3) is 7.13. The van der Waals surface area contributed by atoms with Crippen LogP contribution in [0.2, 0.25) is 0 Å². The fourth-order valence-corrected chi connectivity index (χ4v) is 1.95. The first-order chi connectivity index (χ1) is 8.85. The Morgan fingerprint density at radius 1 is 1.09 bits per heavy atom. The Balaban J connectivity index is -0.000000481. The summed E-state index contributed by atoms with van der Waals surface area (Å²) in [5.41, 5.74) is 2.58. The molecule has 3 rings (SSSR count). The molecule has 1 aliphatic carbocycles. The molecule has 118 valence electrons. The van der Waals surface area contributed by atoms with Crippen LogP contribution in [0, 0.1) is 13.5 Å². The van der Waals surface area contributed by atoms with E-state index in [9.17, 15) is 0 Å². The number of hydrogen-bond acceptors (Lipinski definition) is 1. The summed E-state index contributed by atoms with van der Waals surface area (Å²) in [5.74, 6) is 0. The molecule has 2 aromatic carbocycles. The van der Waals surface area contributed by atoms with Crippen LogP contribution >= 0.6 is 24.8 Å². The molecule has 0 radical (unpaired) electrons. The average Bonchev–Trinajstić information content (AvgIpc) is 2.93. The van der Waals surface area contributed by atoms with Gasteiger partial charge in [-0.3, -0.25) is 0 Å². The number of aliphatic hydroxyl groups is 1. The van der Waals surface area contributed by atoms with Gasteiger partial charge in [0.2, 0.25) is 0 Å². The molecule has 0 saturated carbocycles. The summed E-state index contributed by atoms with van der Waals surface area (Å²) in [5, 5.41) is 10.0. The van der Waals surface area contributed by atoms with Crippen LogP contribution in [-0.4, -0.2) is 11.7 Å². The molecule has 1 N–H and O–H groups in total. The smallest absolute Gasteiger partial charge is 0.397 e. The van der Waals surface area contributed by atoms with Crippen molar-refractivity contribution in [3.8, 4) is 0 Å². The summed E-state index contributed by atoms with van der Waals surface area (Å²) >= 11 is 0. The van der Waals surface area contributed by atoms with Gasteiger partial charge >= 0.3 is 21.7 Å². The molecule has 0 heterocycles. The first-order valence-corrected chi connectivity index (χ1v) is 6.23. The van der Waals surface area contributed by atoms with E-state index < -0.39 is 0 Å². The Labute approximate surface area is 161 Å². The zero-order valence-electron chi connectivity index (χ0n) is 12.9. The number of hydrogen-bond donors (Lipinski definition) is 1. The van der Waals surface area contributed by atoms with Crippen LogP contribution in [-0.2, 0) is 21.7 Å². The number of allylic oxidation sites excluding steroid dienone is 4. The van der Waals surface area contributed by atoms with Crippen LogP contribution in [0.25, 0.3) is 16.3 Å². The third-order valence-corrected chi connectivity index (χ3v) is 2.78. The molecule has 0 aliphatic heterocycles. The Hall–Kier alpha value is -0.566. The molecule has 22 heavy (non-hydrogen) atoms. The quantitative estimate of drug-likeness (QED) is 0.533. The summed E-state index contributed by atoms with van der Waals surface area (Å²) in [4.78, 5) is 0. The topological polar surface area (TPSA) is 20.2 Å². The van der Waals surface area contributed by atoms with E-state index in [2.05, 4.69) is 60.7 Å². The Bertz CT molecular complexity index is 594. The van der Waals surface area contributed by atoms with E-state index in [0.717, 1.165) is 6.42 Å². The Morgan fingerprint density at radius 3 is 2.32 bits per heavy atom. The predicted molar refractivity (Wildman–Crippen MR) is 98.2 cm³/mol. The van der Waals surface area contributed by atoms with Crippen molar-refractivity contribution in [3.63, 3.8) is 0 Å². The summed E-state index contributed by atoms with van der Waals surface area (Å²) in [6.07, 6.45) is 7.49. The zero-order valence-corrected chi connectivity index (χ0v) is 16.1. The fourth-order valence-electron chi connectivity index (χ4n) is 1.95. The van der Waals surface area contributed by atoms with Gasteiger partial charge in [-0.25, -0.2) is 0 Å². The van der Waals surface area contributed by atoms with E-state index in [1.807, 2.05) is 0 Å². The van der Waals surface area contributed by atoms with E-state index in [0.29, 0.717) is 0 Å². The second-order valence-corrected chi connectivity index (χ2v) is 4.10. The standard InChI is InChI=1S/C15H11.C2H6O.CH3.2ClH.Ti/c1-2-6-12(5-1)15-10-9-13-7-3-4-8-14(13)11-15;1-2-3;;;;/h1-5,7-10H,6H2;3H,2H2,1H3;1H3;2*1H;/q-1;;-1;;;+2. The first kappa shape index (κ1) is 26.3. The molecule has 1 aliphatic rings. The molecule has 0 spiro atoms. The van der Waals surface area contributed by atoms with Crippen molar-refractivity contribution in [1.82, 2.24) is 0 Å². The minimum Gasteiger partial charge on any atom is -0.397 e. The largest absolute Gasteiger partial charge is 2.00 e. The minimum absolute atomic E-state index is 0. The van der Waals surface area contributed by atoms with Gasteiger partial charge in [-0.2, -0.15) is 0 Å². The van der Waals surface area contributed by atoms with Crippen LogP contribution < -0.4 is 0 Å². The van der Waals surface area contributed by atoms with Crippen LogP contribution in [0.3, 0.4) is 0 Å². The van der Waals surface area contributed by atoms with Crippen molar-refractivity contribution < 1.29 is 26.8 Å². The van der Waals surface area contributed by atoms with Crippen molar-refractivity contribution in [2.24, 2.45) is 0 Å². The number of rotatable bonds is 1. The summed E-state index contributed by atoms with van der Waals surface area (Å²) in [6.45, 7) is 1.93. The Morgan fingerprint density at radius 2 is 1.73 bits per heavy atom. The maximum atomic E-state index is 7.57. The Kier molecular flexibility index (Phi) is 16.8. The molecule has 0 amide bonds. The van der Waals surface area contributed by atoms with Gasteiger partial charge in [-0.1, -0.05) is 41.8 Å². The van der Waals surface area contributed by atoms with Gasteiger partial charge in [0.05, 0.1) is 0 Å². The van der Waals surface area contributed by atoms with E-state index in [1.54, 1.807) is 6.92 Å². The van der Waals surface area contributed by atoms with Gasteiger partial charge < -0.3 is 12.5 Å². The normalized spacial score (nSPS) is 10.7. The monoisotopic (exact) mass is 372 g/mol. The van der Waals surface area contributed by atoms with Crippen molar-refractivity contribution >= 4 is 41.2 Å². The molecule has 0 saturated heterocycles. The predicted octanol–water partition coefficient (Wildman–Crippen LogP) is 5.27. The van der Waals surface area contributed by atoms with Crippen molar-refractivity contribution in [2.75, 3.05) is 6.61 Å². The van der Waals surface area contributed by atoms with Gasteiger partial charge in [-0.05, 0) is 13.3 Å². The van der Waals surface area contributed by atoms with E-state index in [4.69, 9.17) is 5.11 Å². The van der Waals surface area contributed by atoms with E-state index >= 15 is 0 Å². The third-order valence-electron chi connectivity index (χ3n) is 2.78. The number of benzene rings is 2. The van der Waals surface area contributed by atoms with Gasteiger partial charge in [-0.15, -0.1) is 65.6 Å². The molecule has 2 aromatic rings. The molecular weight excluding hydrogens is 351 g/mol. The molecule has 0 unspecified atom stereocenters. The summed E-state index contributed by atoms with van der Waals surface area (Å²) in [7, 11) is 0. The molecule has 0 atom stereocenters. The second-order valence-electron chi connectivity index (χ2n) is 4.10. The maximum Gasteiger partial charge on any atom is 2.00 e. The van der Waals surface area contributed by atoms with Gasteiger partial charge in [0, 0.05) is 6.61 Å². The number of aliphatic hydroxyl groups excluding tert-OH is 1. The van der Waals surface area contributed by atoms with E-state index in [1.165, 1.54) is 21.9 Å².